The summed E-state index contributed by atoms with van der Waals surface area (Å²) < 4.78 is 0. The number of benzene rings is 7. The van der Waals surface area contributed by atoms with Crippen molar-refractivity contribution in [1.82, 2.24) is 19.6 Å². The van der Waals surface area contributed by atoms with E-state index in [2.05, 4.69) is 138 Å². The number of para-hydroxylation sites is 4. The number of hydrogen-bond acceptors (Lipinski definition) is 11. The Bertz CT molecular complexity index is 2960. The fourth-order valence-electron chi connectivity index (χ4n) is 7.72. The molecule has 5 heterocycles. The zero-order valence-electron chi connectivity index (χ0n) is 45.6. The van der Waals surface area contributed by atoms with Gasteiger partial charge in [-0.1, -0.05) is 48.5 Å². The molecule has 0 aliphatic carbocycles. The number of nitrogens with zero attached hydrogens (tertiary/aromatic N) is 10. The van der Waals surface area contributed by atoms with Crippen LogP contribution in [-0.2, 0) is 111 Å². The average Bonchev–Trinajstić information content (AvgIpc) is 4.36. The molecule has 0 saturated carbocycles. The molecule has 11 nitrogen and oxygen atoms in total. The van der Waals surface area contributed by atoms with Gasteiger partial charge >= 0.3 is 84.3 Å². The van der Waals surface area contributed by atoms with Crippen molar-refractivity contribution < 1.29 is 109 Å². The number of hydrogen-bond donors (Lipinski definition) is 1. The molecule has 1 N–H and O–H groups in total. The minimum Gasteiger partial charge on any atom is -0.510 e. The van der Waals surface area contributed by atoms with Gasteiger partial charge in [0.05, 0.1) is 0 Å². The van der Waals surface area contributed by atoms with Crippen LogP contribution in [0.5, 0.6) is 0 Å². The van der Waals surface area contributed by atoms with Gasteiger partial charge in [-0.05, 0) is 122 Å². The van der Waals surface area contributed by atoms with Crippen molar-refractivity contribution in [3.05, 3.63) is 301 Å². The third-order valence-corrected chi connectivity index (χ3v) is 11.8. The van der Waals surface area contributed by atoms with Gasteiger partial charge < -0.3 is 54.1 Å². The van der Waals surface area contributed by atoms with E-state index in [9.17, 15) is 0 Å². The SMILES string of the molecule is CC(C)(C)N1C=CN(c2[c-]cccc2)[CH-]1.CN1C=CN(c2[c-]ccc(-c3ccccc3)c2)[CH-]1.CN1C=CN(c2[c-]ccc(CO)c2)[CH-]1.CN1C=CN(c2[c-]cccc2)[CH-]1.[Ir].[Pt+2].[Pt+2].[Pt+2].[Pt+2].[c-]1ccccc1N1C=CN(c2ccccc2)[CH-]1. The molecule has 0 spiro atoms. The minimum absolute atomic E-state index is 0. The number of aliphatic hydroxyl groups excluding tert-OH is 1. The molecular weight excluding hydrogens is 1910 g/mol. The Labute approximate surface area is 553 Å². The van der Waals surface area contributed by atoms with Gasteiger partial charge in [-0.2, -0.15) is 154 Å². The first-order chi connectivity index (χ1) is 37.0. The van der Waals surface area contributed by atoms with Gasteiger partial charge in [0, 0.05) is 37.9 Å². The molecule has 0 fully saturated rings. The van der Waals surface area contributed by atoms with Crippen molar-refractivity contribution >= 4 is 34.1 Å². The van der Waals surface area contributed by atoms with Crippen LogP contribution in [0.3, 0.4) is 0 Å². The summed E-state index contributed by atoms with van der Waals surface area (Å²) >= 11 is 0. The van der Waals surface area contributed by atoms with E-state index < -0.39 is 0 Å². The van der Waals surface area contributed by atoms with E-state index in [-0.39, 0.29) is 117 Å². The van der Waals surface area contributed by atoms with E-state index in [0.29, 0.717) is 0 Å². The van der Waals surface area contributed by atoms with Crippen molar-refractivity contribution in [2.45, 2.75) is 32.9 Å². The third-order valence-electron chi connectivity index (χ3n) is 11.8. The van der Waals surface area contributed by atoms with E-state index in [1.807, 2.05) is 248 Å². The zero-order valence-corrected chi connectivity index (χ0v) is 57.0. The van der Waals surface area contributed by atoms with Crippen LogP contribution < -0.4 is 29.4 Å². The summed E-state index contributed by atoms with van der Waals surface area (Å²) in [5, 5.41) is 8.99. The van der Waals surface area contributed by atoms with Crippen molar-refractivity contribution in [2.24, 2.45) is 0 Å². The summed E-state index contributed by atoms with van der Waals surface area (Å²) in [6, 6.07) is 72.2. The standard InChI is InChI=1S/C16H14N2.C15H12N2.C13H16N2.C11H12N2O.C10H10N2.Ir.4Pt/c1-17-10-11-18(13-17)16-9-5-8-15(12-16)14-6-3-2-4-7-14;1-3-7-14(8-4-1)16-11-12-17(13-16)15-9-5-2-6-10-15;1-13(2,3)15-10-9-14(11-15)12-7-5-4-6-8-12;1-12-5-6-13(9-12)11-4-2-3-10(7-11)8-14;1-11-7-8-12(9-11)10-5-3-2-4-6-10;;;;;/h2-8,10-13H,1H3;1-9,11-13H;4-7,9-11H,1-3H3;2-3,5-7,9,14H,8H2,1H3;2-5,7-9H,1H3;;;;;/q5*-2;;4*+2. The summed E-state index contributed by atoms with van der Waals surface area (Å²) in [5.41, 5.74) is 9.79. The molecule has 7 aromatic carbocycles. The third kappa shape index (κ3) is 21.4. The van der Waals surface area contributed by atoms with Crippen LogP contribution in [0.25, 0.3) is 11.1 Å². The van der Waals surface area contributed by atoms with Gasteiger partial charge in [-0.15, -0.1) is 58.4 Å². The van der Waals surface area contributed by atoms with Gasteiger partial charge in [-0.25, -0.2) is 0 Å². The molecule has 431 valence electrons. The maximum absolute atomic E-state index is 8.99. The maximum atomic E-state index is 8.99. The van der Waals surface area contributed by atoms with E-state index in [0.717, 1.165) is 39.7 Å². The Hall–Kier alpha value is -5.40. The summed E-state index contributed by atoms with van der Waals surface area (Å²) in [6.45, 7) is 16.7. The Morgan fingerprint density at radius 1 is 0.370 bits per heavy atom. The van der Waals surface area contributed by atoms with E-state index >= 15 is 0 Å². The molecule has 5 aliphatic rings. The molecule has 16 heteroatoms. The molecule has 0 amide bonds. The second-order valence-corrected chi connectivity index (χ2v) is 18.7. The fourth-order valence-corrected chi connectivity index (χ4v) is 7.72. The molecule has 81 heavy (non-hydrogen) atoms. The number of aliphatic hydroxyl groups is 1. The molecule has 0 saturated heterocycles. The topological polar surface area (TPSA) is 52.6 Å². The summed E-state index contributed by atoms with van der Waals surface area (Å²) in [5.74, 6) is 0. The second-order valence-electron chi connectivity index (χ2n) is 18.7. The largest absolute Gasteiger partial charge is 2.00 e. The molecule has 0 bridgehead atoms. The minimum atomic E-state index is 0. The van der Waals surface area contributed by atoms with Crippen LogP contribution in [-0.4, -0.2) is 51.4 Å². The molecule has 0 aromatic heterocycles. The van der Waals surface area contributed by atoms with Gasteiger partial charge in [0.25, 0.3) is 0 Å². The van der Waals surface area contributed by atoms with E-state index in [4.69, 9.17) is 5.11 Å². The fraction of sp³-hybridized carbons (Fsp3) is 0.123. The average molecular weight is 1970 g/mol. The Kier molecular flexibility index (Phi) is 30.7. The quantitative estimate of drug-likeness (QED) is 0.148. The van der Waals surface area contributed by atoms with Crippen molar-refractivity contribution in [1.29, 1.82) is 0 Å². The predicted octanol–water partition coefficient (Wildman–Crippen LogP) is 13.0. The number of rotatable bonds is 8. The van der Waals surface area contributed by atoms with Gasteiger partial charge in [0.2, 0.25) is 0 Å². The maximum Gasteiger partial charge on any atom is 2.00 e. The summed E-state index contributed by atoms with van der Waals surface area (Å²) in [4.78, 5) is 20.4. The Morgan fingerprint density at radius 3 is 1.19 bits per heavy atom. The van der Waals surface area contributed by atoms with Crippen LogP contribution in [0.1, 0.15) is 26.3 Å². The molecule has 12 rings (SSSR count). The Balaban J connectivity index is 0.000000263. The van der Waals surface area contributed by atoms with Crippen LogP contribution in [0.15, 0.2) is 232 Å². The molecule has 0 atom stereocenters. The molecule has 1 radical (unpaired) electrons. The van der Waals surface area contributed by atoms with Gasteiger partial charge in [-0.3, -0.25) is 0 Å². The van der Waals surface area contributed by atoms with E-state index in [1.165, 1.54) is 11.1 Å². The first-order valence-electron chi connectivity index (χ1n) is 24.9. The van der Waals surface area contributed by atoms with Crippen LogP contribution in [0.4, 0.5) is 34.1 Å². The monoisotopic (exact) mass is 1970 g/mol. The van der Waals surface area contributed by atoms with Crippen molar-refractivity contribution in [2.75, 3.05) is 50.5 Å². The normalized spacial score (nSPS) is 14.2. The molecule has 0 unspecified atom stereocenters. The zero-order chi connectivity index (χ0) is 53.1. The molecule has 5 aliphatic heterocycles. The molecule has 7 aromatic rings. The van der Waals surface area contributed by atoms with Crippen LogP contribution in [0.2, 0.25) is 0 Å². The van der Waals surface area contributed by atoms with Crippen molar-refractivity contribution in [3.63, 3.8) is 0 Å². The Morgan fingerprint density at radius 2 is 0.753 bits per heavy atom. The summed E-state index contributed by atoms with van der Waals surface area (Å²) in [6.07, 6.45) is 20.2. The van der Waals surface area contributed by atoms with Gasteiger partial charge in [0.15, 0.2) is 0 Å². The van der Waals surface area contributed by atoms with Gasteiger partial charge in [0.1, 0.15) is 0 Å². The first kappa shape index (κ1) is 69.9. The molecular formula is C65H64IrN10OPt4-2. The van der Waals surface area contributed by atoms with Crippen molar-refractivity contribution in [3.8, 4) is 11.1 Å². The van der Waals surface area contributed by atoms with Crippen LogP contribution >= 0.6 is 0 Å². The number of anilines is 6. The van der Waals surface area contributed by atoms with E-state index in [1.54, 1.807) is 0 Å². The smallest absolute Gasteiger partial charge is 0.510 e. The first-order valence-corrected chi connectivity index (χ1v) is 24.9. The summed E-state index contributed by atoms with van der Waals surface area (Å²) in [7, 11) is 5.98. The predicted molar refractivity (Wildman–Crippen MR) is 311 cm³/mol. The van der Waals surface area contributed by atoms with Crippen LogP contribution in [0, 0.1) is 63.7 Å². The second kappa shape index (κ2) is 35.6.